The summed E-state index contributed by atoms with van der Waals surface area (Å²) in [5.41, 5.74) is 2.09. The van der Waals surface area contributed by atoms with Gasteiger partial charge in [0.25, 0.3) is 5.71 Å². The van der Waals surface area contributed by atoms with E-state index in [1.54, 1.807) is 25.5 Å². The van der Waals surface area contributed by atoms with Gasteiger partial charge in [0.05, 0.1) is 5.69 Å². The molecule has 1 N–H and O–H groups in total. The fourth-order valence-electron chi connectivity index (χ4n) is 2.17. The number of hydrogen-bond acceptors (Lipinski definition) is 7. The van der Waals surface area contributed by atoms with Crippen molar-refractivity contribution < 1.29 is 4.42 Å². The van der Waals surface area contributed by atoms with E-state index in [0.29, 0.717) is 28.8 Å². The molecule has 0 saturated carbocycles. The summed E-state index contributed by atoms with van der Waals surface area (Å²) >= 11 is 0. The molecule has 0 aliphatic rings. The van der Waals surface area contributed by atoms with Crippen LogP contribution in [-0.2, 0) is 6.42 Å². The molecule has 0 amide bonds. The van der Waals surface area contributed by atoms with E-state index in [9.17, 15) is 0 Å². The van der Waals surface area contributed by atoms with Crippen molar-refractivity contribution in [1.29, 1.82) is 0 Å². The monoisotopic (exact) mass is 284 g/mol. The van der Waals surface area contributed by atoms with Crippen LogP contribution in [0.4, 0.5) is 5.82 Å². The van der Waals surface area contributed by atoms with Crippen LogP contribution in [0.25, 0.3) is 11.2 Å². The van der Waals surface area contributed by atoms with Crippen molar-refractivity contribution in [1.82, 2.24) is 24.9 Å². The Labute approximate surface area is 121 Å². The van der Waals surface area contributed by atoms with E-state index in [2.05, 4.69) is 37.2 Å². The lowest BCUT2D eigenvalue weighted by Crippen LogP contribution is -2.20. The Morgan fingerprint density at radius 3 is 2.81 bits per heavy atom. The highest BCUT2D eigenvalue weighted by atomic mass is 16.4. The number of aryl methyl sites for hydroxylation is 2. The summed E-state index contributed by atoms with van der Waals surface area (Å²) in [6.45, 7) is 5.69. The van der Waals surface area contributed by atoms with Gasteiger partial charge in [-0.1, -0.05) is 0 Å². The van der Waals surface area contributed by atoms with Gasteiger partial charge >= 0.3 is 0 Å². The smallest absolute Gasteiger partial charge is 0.252 e. The number of fused-ring (bicyclic) bond motifs is 1. The van der Waals surface area contributed by atoms with Crippen molar-refractivity contribution in [3.63, 3.8) is 0 Å². The lowest BCUT2D eigenvalue weighted by Gasteiger charge is -2.14. The first kappa shape index (κ1) is 13.4. The van der Waals surface area contributed by atoms with E-state index in [-0.39, 0.29) is 6.04 Å². The van der Waals surface area contributed by atoms with Crippen LogP contribution in [-0.4, -0.2) is 31.0 Å². The molecular formula is C14H16N6O. The molecule has 0 saturated heterocycles. The quantitative estimate of drug-likeness (QED) is 0.784. The van der Waals surface area contributed by atoms with Gasteiger partial charge in [0.1, 0.15) is 5.82 Å². The van der Waals surface area contributed by atoms with Crippen molar-refractivity contribution in [2.45, 2.75) is 33.2 Å². The second kappa shape index (κ2) is 5.43. The summed E-state index contributed by atoms with van der Waals surface area (Å²) in [6.07, 6.45) is 5.86. The predicted molar refractivity (Wildman–Crippen MR) is 77.9 cm³/mol. The molecule has 0 radical (unpaired) electrons. The van der Waals surface area contributed by atoms with Crippen LogP contribution in [0.5, 0.6) is 0 Å². The summed E-state index contributed by atoms with van der Waals surface area (Å²) < 4.78 is 5.46. The SMILES string of the molecule is Cc1nc(N[C@H](C)Cc2cnccn2)c2nc(C)oc2n1. The molecule has 21 heavy (non-hydrogen) atoms. The van der Waals surface area contributed by atoms with Crippen molar-refractivity contribution in [3.8, 4) is 0 Å². The van der Waals surface area contributed by atoms with E-state index in [1.807, 2.05) is 6.92 Å². The maximum absolute atomic E-state index is 5.46. The molecule has 3 aromatic rings. The number of rotatable bonds is 4. The molecule has 7 nitrogen and oxygen atoms in total. The molecule has 0 bridgehead atoms. The zero-order valence-electron chi connectivity index (χ0n) is 12.2. The van der Waals surface area contributed by atoms with Crippen molar-refractivity contribution >= 4 is 17.0 Å². The minimum absolute atomic E-state index is 0.135. The molecule has 3 heterocycles. The van der Waals surface area contributed by atoms with E-state index < -0.39 is 0 Å². The van der Waals surface area contributed by atoms with Crippen LogP contribution in [0.2, 0.25) is 0 Å². The molecular weight excluding hydrogens is 268 g/mol. The van der Waals surface area contributed by atoms with E-state index in [1.165, 1.54) is 0 Å². The van der Waals surface area contributed by atoms with Crippen molar-refractivity contribution in [3.05, 3.63) is 36.0 Å². The average molecular weight is 284 g/mol. The predicted octanol–water partition coefficient (Wildman–Crippen LogP) is 2.07. The first-order valence-electron chi connectivity index (χ1n) is 6.75. The minimum Gasteiger partial charge on any atom is -0.422 e. The van der Waals surface area contributed by atoms with Crippen molar-refractivity contribution in [2.24, 2.45) is 0 Å². The standard InChI is InChI=1S/C14H16N6O/c1-8(6-11-7-15-4-5-16-11)17-13-12-14(19-9(2)18-13)21-10(3)20-12/h4-5,7-8H,6H2,1-3H3,(H,17,18,19)/t8-/m1/s1. The molecule has 3 aromatic heterocycles. The lowest BCUT2D eigenvalue weighted by molar-refractivity contribution is 0.550. The number of anilines is 1. The third-order valence-electron chi connectivity index (χ3n) is 2.99. The van der Waals surface area contributed by atoms with Gasteiger partial charge in [-0.05, 0) is 13.8 Å². The number of oxazole rings is 1. The van der Waals surface area contributed by atoms with Crippen LogP contribution in [0, 0.1) is 13.8 Å². The summed E-state index contributed by atoms with van der Waals surface area (Å²) in [4.78, 5) is 21.3. The third-order valence-corrected chi connectivity index (χ3v) is 2.99. The van der Waals surface area contributed by atoms with Crippen LogP contribution in [0.3, 0.4) is 0 Å². The highest BCUT2D eigenvalue weighted by Crippen LogP contribution is 2.21. The van der Waals surface area contributed by atoms with Crippen LogP contribution in [0.15, 0.2) is 23.0 Å². The van der Waals surface area contributed by atoms with Crippen LogP contribution in [0.1, 0.15) is 24.3 Å². The minimum atomic E-state index is 0.135. The molecule has 0 aliphatic carbocycles. The molecule has 3 rings (SSSR count). The second-order valence-electron chi connectivity index (χ2n) is 4.95. The maximum Gasteiger partial charge on any atom is 0.252 e. The first-order valence-corrected chi connectivity index (χ1v) is 6.75. The molecule has 108 valence electrons. The summed E-state index contributed by atoms with van der Waals surface area (Å²) in [5.74, 6) is 1.91. The van der Waals surface area contributed by atoms with Gasteiger partial charge in [0.2, 0.25) is 0 Å². The molecule has 0 aliphatic heterocycles. The van der Waals surface area contributed by atoms with Crippen LogP contribution >= 0.6 is 0 Å². The van der Waals surface area contributed by atoms with Gasteiger partial charge in [0.15, 0.2) is 17.2 Å². The average Bonchev–Trinajstić information content (AvgIpc) is 2.80. The molecule has 7 heteroatoms. The number of nitrogens with zero attached hydrogens (tertiary/aromatic N) is 5. The van der Waals surface area contributed by atoms with Gasteiger partial charge < -0.3 is 9.73 Å². The van der Waals surface area contributed by atoms with E-state index >= 15 is 0 Å². The highest BCUT2D eigenvalue weighted by molar-refractivity contribution is 5.81. The van der Waals surface area contributed by atoms with Gasteiger partial charge in [-0.15, -0.1) is 0 Å². The Kier molecular flexibility index (Phi) is 3.47. The lowest BCUT2D eigenvalue weighted by atomic mass is 10.2. The van der Waals surface area contributed by atoms with Gasteiger partial charge in [-0.25, -0.2) is 9.97 Å². The fraction of sp³-hybridized carbons (Fsp3) is 0.357. The molecule has 0 spiro atoms. The normalized spacial score (nSPS) is 12.5. The Morgan fingerprint density at radius 2 is 2.05 bits per heavy atom. The van der Waals surface area contributed by atoms with Crippen LogP contribution < -0.4 is 5.32 Å². The first-order chi connectivity index (χ1) is 10.1. The third kappa shape index (κ3) is 2.96. The Morgan fingerprint density at radius 1 is 1.19 bits per heavy atom. The summed E-state index contributed by atoms with van der Waals surface area (Å²) in [7, 11) is 0. The second-order valence-corrected chi connectivity index (χ2v) is 4.95. The molecule has 0 fully saturated rings. The summed E-state index contributed by atoms with van der Waals surface area (Å²) in [6, 6.07) is 0.135. The van der Waals surface area contributed by atoms with E-state index in [0.717, 1.165) is 12.1 Å². The van der Waals surface area contributed by atoms with Gasteiger partial charge in [0, 0.05) is 38.0 Å². The fourth-order valence-corrected chi connectivity index (χ4v) is 2.17. The maximum atomic E-state index is 5.46. The number of aromatic nitrogens is 5. The molecule has 0 unspecified atom stereocenters. The van der Waals surface area contributed by atoms with Gasteiger partial charge in [-0.3, -0.25) is 9.97 Å². The zero-order valence-corrected chi connectivity index (χ0v) is 12.2. The van der Waals surface area contributed by atoms with E-state index in [4.69, 9.17) is 4.42 Å². The number of hydrogen-bond donors (Lipinski definition) is 1. The molecule has 1 atom stereocenters. The number of nitrogens with one attached hydrogen (secondary N) is 1. The molecule has 0 aromatic carbocycles. The van der Waals surface area contributed by atoms with Gasteiger partial charge in [-0.2, -0.15) is 4.98 Å². The highest BCUT2D eigenvalue weighted by Gasteiger charge is 2.14. The zero-order chi connectivity index (χ0) is 14.8. The summed E-state index contributed by atoms with van der Waals surface area (Å²) in [5, 5.41) is 3.35. The largest absolute Gasteiger partial charge is 0.422 e. The van der Waals surface area contributed by atoms with Crippen molar-refractivity contribution in [2.75, 3.05) is 5.32 Å². The Balaban J connectivity index is 1.84. The Hall–Kier alpha value is -2.57. The Bertz CT molecular complexity index is 755. The topological polar surface area (TPSA) is 89.6 Å².